The van der Waals surface area contributed by atoms with Crippen molar-refractivity contribution < 1.29 is 8.78 Å². The lowest BCUT2D eigenvalue weighted by Gasteiger charge is -2.07. The fourth-order valence-corrected chi connectivity index (χ4v) is 1.39. The van der Waals surface area contributed by atoms with Crippen molar-refractivity contribution in [2.75, 3.05) is 17.2 Å². The fraction of sp³-hybridized carbons (Fsp3) is 0. The Bertz CT molecular complexity index is 585. The molecule has 5 nitrogen and oxygen atoms in total. The van der Waals surface area contributed by atoms with E-state index in [0.29, 0.717) is 0 Å². The summed E-state index contributed by atoms with van der Waals surface area (Å²) in [6.07, 6.45) is 0. The molecule has 0 saturated heterocycles. The van der Waals surface area contributed by atoms with Crippen molar-refractivity contribution in [1.82, 2.24) is 9.97 Å². The molecule has 1 aromatic carbocycles. The summed E-state index contributed by atoms with van der Waals surface area (Å²) in [6.45, 7) is 0. The standard InChI is InChI=1S/C10H9F2N5/c11-6-2-1-4(13)3-5(6)8-7(12)9(14)17-10(15)16-8/h1-3H,13H2,(H4,14,15,16,17). The Kier molecular flexibility index (Phi) is 2.51. The number of nitrogen functional groups attached to an aromatic ring is 3. The van der Waals surface area contributed by atoms with Gasteiger partial charge in [0.05, 0.1) is 0 Å². The van der Waals surface area contributed by atoms with Crippen molar-refractivity contribution in [2.45, 2.75) is 0 Å². The summed E-state index contributed by atoms with van der Waals surface area (Å²) in [5.74, 6) is -2.27. The Balaban J connectivity index is 2.72. The molecule has 17 heavy (non-hydrogen) atoms. The minimum Gasteiger partial charge on any atom is -0.399 e. The topological polar surface area (TPSA) is 104 Å². The van der Waals surface area contributed by atoms with Crippen LogP contribution in [0.2, 0.25) is 0 Å². The summed E-state index contributed by atoms with van der Waals surface area (Å²) in [4.78, 5) is 7.05. The van der Waals surface area contributed by atoms with Gasteiger partial charge in [-0.15, -0.1) is 0 Å². The van der Waals surface area contributed by atoms with E-state index >= 15 is 0 Å². The van der Waals surface area contributed by atoms with E-state index in [1.165, 1.54) is 12.1 Å². The summed E-state index contributed by atoms with van der Waals surface area (Å²) >= 11 is 0. The highest BCUT2D eigenvalue weighted by Crippen LogP contribution is 2.28. The number of benzene rings is 1. The summed E-state index contributed by atoms with van der Waals surface area (Å²) < 4.78 is 27.2. The normalized spacial score (nSPS) is 10.5. The van der Waals surface area contributed by atoms with Crippen LogP contribution in [0.4, 0.5) is 26.2 Å². The van der Waals surface area contributed by atoms with Gasteiger partial charge in [-0.05, 0) is 18.2 Å². The van der Waals surface area contributed by atoms with Crippen LogP contribution in [0.15, 0.2) is 18.2 Å². The molecule has 0 fully saturated rings. The van der Waals surface area contributed by atoms with Crippen LogP contribution in [-0.2, 0) is 0 Å². The second-order valence-electron chi connectivity index (χ2n) is 3.37. The van der Waals surface area contributed by atoms with Crippen LogP contribution in [0.25, 0.3) is 11.3 Å². The second kappa shape index (κ2) is 3.85. The van der Waals surface area contributed by atoms with Crippen LogP contribution in [0.5, 0.6) is 0 Å². The Morgan fingerprint density at radius 2 is 1.71 bits per heavy atom. The second-order valence-corrected chi connectivity index (χ2v) is 3.37. The van der Waals surface area contributed by atoms with Gasteiger partial charge in [-0.25, -0.2) is 13.8 Å². The molecule has 0 saturated carbocycles. The first-order valence-electron chi connectivity index (χ1n) is 4.63. The zero-order valence-corrected chi connectivity index (χ0v) is 8.61. The first kappa shape index (κ1) is 11.1. The number of hydrogen-bond acceptors (Lipinski definition) is 5. The number of rotatable bonds is 1. The van der Waals surface area contributed by atoms with Crippen molar-refractivity contribution in [1.29, 1.82) is 0 Å². The molecular weight excluding hydrogens is 228 g/mol. The molecule has 0 aliphatic rings. The molecule has 0 aliphatic heterocycles. The Morgan fingerprint density at radius 3 is 2.41 bits per heavy atom. The molecule has 1 aromatic heterocycles. The van der Waals surface area contributed by atoms with E-state index in [1.807, 2.05) is 0 Å². The molecule has 0 aliphatic carbocycles. The van der Waals surface area contributed by atoms with Crippen LogP contribution in [0.3, 0.4) is 0 Å². The molecule has 2 rings (SSSR count). The van der Waals surface area contributed by atoms with Gasteiger partial charge in [0.1, 0.15) is 11.5 Å². The lowest BCUT2D eigenvalue weighted by molar-refractivity contribution is 0.611. The molecule has 1 heterocycles. The fourth-order valence-electron chi connectivity index (χ4n) is 1.39. The minimum atomic E-state index is -0.927. The number of halogens is 2. The van der Waals surface area contributed by atoms with Gasteiger partial charge in [-0.2, -0.15) is 4.98 Å². The molecule has 0 amide bonds. The quantitative estimate of drug-likeness (QED) is 0.646. The van der Waals surface area contributed by atoms with Crippen LogP contribution < -0.4 is 17.2 Å². The van der Waals surface area contributed by atoms with Crippen LogP contribution in [-0.4, -0.2) is 9.97 Å². The zero-order chi connectivity index (χ0) is 12.6. The monoisotopic (exact) mass is 237 g/mol. The predicted octanol–water partition coefficient (Wildman–Crippen LogP) is 1.17. The molecule has 88 valence electrons. The van der Waals surface area contributed by atoms with E-state index in [0.717, 1.165) is 6.07 Å². The van der Waals surface area contributed by atoms with Gasteiger partial charge in [-0.3, -0.25) is 0 Å². The van der Waals surface area contributed by atoms with E-state index in [4.69, 9.17) is 17.2 Å². The zero-order valence-electron chi connectivity index (χ0n) is 8.61. The third-order valence-electron chi connectivity index (χ3n) is 2.14. The SMILES string of the molecule is Nc1ccc(F)c(-c2nc(N)nc(N)c2F)c1. The maximum Gasteiger partial charge on any atom is 0.222 e. The first-order valence-corrected chi connectivity index (χ1v) is 4.63. The van der Waals surface area contributed by atoms with Crippen molar-refractivity contribution in [2.24, 2.45) is 0 Å². The van der Waals surface area contributed by atoms with Crippen molar-refractivity contribution in [3.05, 3.63) is 29.8 Å². The highest BCUT2D eigenvalue weighted by Gasteiger charge is 2.16. The van der Waals surface area contributed by atoms with E-state index in [2.05, 4.69) is 9.97 Å². The van der Waals surface area contributed by atoms with Gasteiger partial charge in [0.15, 0.2) is 11.6 Å². The highest BCUT2D eigenvalue weighted by molar-refractivity contribution is 5.68. The smallest absolute Gasteiger partial charge is 0.222 e. The third kappa shape index (κ3) is 1.94. The van der Waals surface area contributed by atoms with Gasteiger partial charge in [0, 0.05) is 11.3 Å². The summed E-state index contributed by atoms with van der Waals surface area (Å²) in [7, 11) is 0. The van der Waals surface area contributed by atoms with Crippen LogP contribution >= 0.6 is 0 Å². The maximum absolute atomic E-state index is 13.7. The molecule has 0 bridgehead atoms. The molecular formula is C10H9F2N5. The first-order chi connectivity index (χ1) is 7.99. The van der Waals surface area contributed by atoms with Crippen LogP contribution in [0, 0.1) is 11.6 Å². The Labute approximate surface area is 95.3 Å². The van der Waals surface area contributed by atoms with E-state index in [9.17, 15) is 8.78 Å². The lowest BCUT2D eigenvalue weighted by atomic mass is 10.1. The number of aromatic nitrogens is 2. The molecule has 2 aromatic rings. The van der Waals surface area contributed by atoms with E-state index in [1.54, 1.807) is 0 Å². The summed E-state index contributed by atoms with van der Waals surface area (Å²) in [5, 5.41) is 0. The minimum absolute atomic E-state index is 0.108. The van der Waals surface area contributed by atoms with Crippen LogP contribution in [0.1, 0.15) is 0 Å². The molecule has 0 unspecified atom stereocenters. The van der Waals surface area contributed by atoms with Crippen molar-refractivity contribution in [3.63, 3.8) is 0 Å². The summed E-state index contributed by atoms with van der Waals surface area (Å²) in [5.41, 5.74) is 16.0. The van der Waals surface area contributed by atoms with Gasteiger partial charge in [0.25, 0.3) is 0 Å². The summed E-state index contributed by atoms with van der Waals surface area (Å²) in [6, 6.07) is 3.71. The van der Waals surface area contributed by atoms with Gasteiger partial charge >= 0.3 is 0 Å². The average Bonchev–Trinajstić information content (AvgIpc) is 2.27. The van der Waals surface area contributed by atoms with Gasteiger partial charge in [-0.1, -0.05) is 0 Å². The van der Waals surface area contributed by atoms with Gasteiger partial charge in [0.2, 0.25) is 5.95 Å². The maximum atomic E-state index is 13.7. The van der Waals surface area contributed by atoms with Gasteiger partial charge < -0.3 is 17.2 Å². The molecule has 6 N–H and O–H groups in total. The molecule has 7 heteroatoms. The lowest BCUT2D eigenvalue weighted by Crippen LogP contribution is -2.06. The number of anilines is 3. The number of nitrogens with two attached hydrogens (primary N) is 3. The molecule has 0 radical (unpaired) electrons. The highest BCUT2D eigenvalue weighted by atomic mass is 19.1. The average molecular weight is 237 g/mol. The Hall–Kier alpha value is -2.44. The molecule has 0 spiro atoms. The van der Waals surface area contributed by atoms with E-state index in [-0.39, 0.29) is 22.9 Å². The number of hydrogen-bond donors (Lipinski definition) is 3. The van der Waals surface area contributed by atoms with Crippen molar-refractivity contribution in [3.8, 4) is 11.3 Å². The largest absolute Gasteiger partial charge is 0.399 e. The predicted molar refractivity (Wildman–Crippen MR) is 60.6 cm³/mol. The third-order valence-corrected chi connectivity index (χ3v) is 2.14. The van der Waals surface area contributed by atoms with E-state index < -0.39 is 17.5 Å². The Morgan fingerprint density at radius 1 is 1.00 bits per heavy atom. The molecule has 0 atom stereocenters. The number of nitrogens with zero attached hydrogens (tertiary/aromatic N) is 2. The van der Waals surface area contributed by atoms with Crippen molar-refractivity contribution >= 4 is 17.5 Å².